The summed E-state index contributed by atoms with van der Waals surface area (Å²) in [6.07, 6.45) is -9.44. The predicted molar refractivity (Wildman–Crippen MR) is 35.4 cm³/mol. The monoisotopic (exact) mass is 302 g/mol. The van der Waals surface area contributed by atoms with E-state index in [9.17, 15) is 48.1 Å². The third-order valence-corrected chi connectivity index (χ3v) is 2.35. The van der Waals surface area contributed by atoms with E-state index in [0.717, 1.165) is 0 Å². The fourth-order valence-electron chi connectivity index (χ4n) is 0.675. The zero-order valence-electron chi connectivity index (χ0n) is 8.39. The number of hydrogen-bond acceptors (Lipinski definition) is 3. The molecule has 0 saturated heterocycles. The molecule has 0 spiro atoms. The molecule has 3 nitrogen and oxygen atoms in total. The van der Waals surface area contributed by atoms with Crippen molar-refractivity contribution in [2.75, 3.05) is 0 Å². The molecule has 0 bridgehead atoms. The number of halogens is 8. The molecule has 104 valence electrons. The molecule has 0 saturated carbocycles. The van der Waals surface area contributed by atoms with Crippen LogP contribution in [0.5, 0.6) is 0 Å². The van der Waals surface area contributed by atoms with Crippen LogP contribution in [0, 0.1) is 0 Å². The Balaban J connectivity index is 0. The summed E-state index contributed by atoms with van der Waals surface area (Å²) in [6, 6.07) is 0. The third-order valence-electron chi connectivity index (χ3n) is 1.55. The predicted octanol–water partition coefficient (Wildman–Crippen LogP) is -1.29. The molecule has 2 unspecified atom stereocenters. The van der Waals surface area contributed by atoms with Crippen molar-refractivity contribution < 1.29 is 67.0 Å². The van der Waals surface area contributed by atoms with E-state index in [-0.39, 0.29) is 18.9 Å². The van der Waals surface area contributed by atoms with Gasteiger partial charge in [0.05, 0.1) is 0 Å². The molecule has 0 fully saturated rings. The maximum Gasteiger partial charge on any atom is 1.00 e. The minimum atomic E-state index is -6.56. The zero-order valence-corrected chi connectivity index (χ0v) is 9.21. The van der Waals surface area contributed by atoms with Gasteiger partial charge in [0.2, 0.25) is 6.17 Å². The molecule has 0 rings (SSSR count). The van der Waals surface area contributed by atoms with Crippen molar-refractivity contribution in [1.82, 2.24) is 0 Å². The van der Waals surface area contributed by atoms with Gasteiger partial charge in [0.1, 0.15) is 10.1 Å². The van der Waals surface area contributed by atoms with E-state index in [4.69, 9.17) is 0 Å². The molecule has 0 aliphatic rings. The first kappa shape index (κ1) is 20.3. The second-order valence-electron chi connectivity index (χ2n) is 2.79. The van der Waals surface area contributed by atoms with Gasteiger partial charge in [-0.15, -0.1) is 0 Å². The molecule has 0 radical (unpaired) electrons. The van der Waals surface area contributed by atoms with Crippen LogP contribution < -0.4 is 18.9 Å². The van der Waals surface area contributed by atoms with Gasteiger partial charge >= 0.3 is 30.7 Å². The Kier molecular flexibility index (Phi) is 6.68. The summed E-state index contributed by atoms with van der Waals surface area (Å²) in [5.74, 6) is -12.8. The smallest absolute Gasteiger partial charge is 0.746 e. The quantitative estimate of drug-likeness (QED) is 0.360. The van der Waals surface area contributed by atoms with Crippen LogP contribution in [-0.4, -0.2) is 42.9 Å². The van der Waals surface area contributed by atoms with Crippen LogP contribution >= 0.6 is 0 Å². The van der Waals surface area contributed by atoms with E-state index in [2.05, 4.69) is 0 Å². The Morgan fingerprint density at radius 1 is 0.889 bits per heavy atom. The first-order valence-electron chi connectivity index (χ1n) is 3.53. The normalized spacial score (nSPS) is 17.2. The molecule has 13 heteroatoms. The molecule has 0 N–H and O–H groups in total. The van der Waals surface area contributed by atoms with Crippen LogP contribution in [-0.2, 0) is 10.1 Å². The molecule has 0 heterocycles. The first-order valence-corrected chi connectivity index (χ1v) is 5.00. The van der Waals surface area contributed by atoms with Crippen molar-refractivity contribution >= 4 is 10.1 Å². The standard InChI is InChI=1S/C5H4F8O3S.Li/c6-1(2(7)8)4(10,11)5(12,13)3(9)17(14,15)16;/h1-3H,(H,14,15,16);/q;+1/p-1. The second kappa shape index (κ2) is 5.94. The molecule has 0 aliphatic carbocycles. The van der Waals surface area contributed by atoms with E-state index in [0.29, 0.717) is 0 Å². The average molecular weight is 302 g/mol. The Morgan fingerprint density at radius 3 is 1.44 bits per heavy atom. The molecule has 0 aliphatic heterocycles. The molecule has 0 aromatic rings. The van der Waals surface area contributed by atoms with Crippen molar-refractivity contribution in [2.45, 2.75) is 29.9 Å². The van der Waals surface area contributed by atoms with Crippen LogP contribution in [0.1, 0.15) is 0 Å². The molecular formula is C5H3F8LiO3S. The second-order valence-corrected chi connectivity index (χ2v) is 4.19. The van der Waals surface area contributed by atoms with E-state index in [1.807, 2.05) is 0 Å². The molecule has 0 aromatic heterocycles. The van der Waals surface area contributed by atoms with Gasteiger partial charge in [-0.05, 0) is 0 Å². The largest absolute Gasteiger partial charge is 1.00 e. The summed E-state index contributed by atoms with van der Waals surface area (Å²) < 4.78 is 126. The van der Waals surface area contributed by atoms with Gasteiger partial charge in [0.15, 0.2) is 0 Å². The van der Waals surface area contributed by atoms with Gasteiger partial charge in [-0.1, -0.05) is 0 Å². The van der Waals surface area contributed by atoms with Gasteiger partial charge in [0, 0.05) is 0 Å². The Labute approximate surface area is 107 Å². The van der Waals surface area contributed by atoms with Crippen molar-refractivity contribution in [3.05, 3.63) is 0 Å². The summed E-state index contributed by atoms with van der Waals surface area (Å²) in [4.78, 5) is 0. The van der Waals surface area contributed by atoms with Gasteiger partial charge < -0.3 is 4.55 Å². The van der Waals surface area contributed by atoms with Crippen molar-refractivity contribution in [3.63, 3.8) is 0 Å². The van der Waals surface area contributed by atoms with E-state index in [1.165, 1.54) is 0 Å². The Bertz CT molecular complexity index is 371. The molecule has 2 atom stereocenters. The summed E-state index contributed by atoms with van der Waals surface area (Å²) in [5, 5.41) is 0. The van der Waals surface area contributed by atoms with Crippen LogP contribution in [0.15, 0.2) is 0 Å². The maximum absolute atomic E-state index is 12.4. The van der Waals surface area contributed by atoms with Crippen LogP contribution in [0.2, 0.25) is 0 Å². The summed E-state index contributed by atoms with van der Waals surface area (Å²) in [6.45, 7) is 0. The molecule has 0 amide bonds. The van der Waals surface area contributed by atoms with Gasteiger partial charge in [0.25, 0.3) is 11.9 Å². The van der Waals surface area contributed by atoms with Crippen molar-refractivity contribution in [1.29, 1.82) is 0 Å². The summed E-state index contributed by atoms with van der Waals surface area (Å²) >= 11 is 0. The van der Waals surface area contributed by atoms with Crippen LogP contribution in [0.4, 0.5) is 35.1 Å². The molecule has 0 aromatic carbocycles. The van der Waals surface area contributed by atoms with E-state index in [1.54, 1.807) is 0 Å². The van der Waals surface area contributed by atoms with Crippen LogP contribution in [0.25, 0.3) is 0 Å². The first-order chi connectivity index (χ1) is 7.26. The summed E-state index contributed by atoms with van der Waals surface area (Å²) in [7, 11) is -6.56. The minimum Gasteiger partial charge on any atom is -0.746 e. The van der Waals surface area contributed by atoms with Crippen molar-refractivity contribution in [3.8, 4) is 0 Å². The zero-order chi connectivity index (χ0) is 14.2. The van der Waals surface area contributed by atoms with Gasteiger partial charge in [-0.2, -0.15) is 17.6 Å². The minimum absolute atomic E-state index is 0. The number of rotatable bonds is 5. The number of alkyl halides is 8. The van der Waals surface area contributed by atoms with Gasteiger partial charge in [-0.25, -0.2) is 26.0 Å². The fraction of sp³-hybridized carbons (Fsp3) is 1.00. The Hall–Kier alpha value is -0.0526. The maximum atomic E-state index is 12.4. The number of hydrogen-bond donors (Lipinski definition) is 0. The van der Waals surface area contributed by atoms with E-state index >= 15 is 0 Å². The topological polar surface area (TPSA) is 57.2 Å². The Morgan fingerprint density at radius 2 is 1.22 bits per heavy atom. The van der Waals surface area contributed by atoms with E-state index < -0.39 is 40.1 Å². The SMILES string of the molecule is O=S(=O)([O-])C(F)C(F)(F)C(F)(F)C(F)C(F)F.[Li+]. The van der Waals surface area contributed by atoms with Crippen molar-refractivity contribution in [2.24, 2.45) is 0 Å². The molecule has 18 heavy (non-hydrogen) atoms. The average Bonchev–Trinajstić information content (AvgIpc) is 2.13. The fourth-order valence-corrected chi connectivity index (χ4v) is 1.19. The van der Waals surface area contributed by atoms with Crippen LogP contribution in [0.3, 0.4) is 0 Å². The third kappa shape index (κ3) is 3.72. The van der Waals surface area contributed by atoms with Gasteiger partial charge in [-0.3, -0.25) is 0 Å². The summed E-state index contributed by atoms with van der Waals surface area (Å²) in [5.41, 5.74) is -5.04. The molecular weight excluding hydrogens is 299 g/mol.